The van der Waals surface area contributed by atoms with Crippen LogP contribution in [0.4, 0.5) is 0 Å². The molecule has 0 bridgehead atoms. The molecule has 0 aliphatic carbocycles. The van der Waals surface area contributed by atoms with Crippen LogP contribution in [-0.2, 0) is 27.3 Å². The second-order valence-electron chi connectivity index (χ2n) is 8.28. The quantitative estimate of drug-likeness (QED) is 0.675. The number of likely N-dealkylation sites (tertiary alicyclic amines) is 2. The third kappa shape index (κ3) is 5.58. The van der Waals surface area contributed by atoms with Gasteiger partial charge in [0.2, 0.25) is 17.7 Å². The van der Waals surface area contributed by atoms with Gasteiger partial charge in [0, 0.05) is 52.6 Å². The highest BCUT2D eigenvalue weighted by Gasteiger charge is 2.31. The first kappa shape index (κ1) is 21.3. The van der Waals surface area contributed by atoms with E-state index in [1.165, 1.54) is 5.56 Å². The van der Waals surface area contributed by atoms with Crippen LogP contribution in [0, 0.1) is 5.92 Å². The number of carbonyl (C=O) groups excluding carboxylic acids is 3. The Labute approximate surface area is 173 Å². The maximum Gasteiger partial charge on any atom is 0.227 e. The molecule has 0 spiro atoms. The molecule has 3 amide bonds. The van der Waals surface area contributed by atoms with Gasteiger partial charge in [-0.15, -0.1) is 0 Å². The van der Waals surface area contributed by atoms with Gasteiger partial charge < -0.3 is 14.7 Å². The lowest BCUT2D eigenvalue weighted by Gasteiger charge is -2.34. The van der Waals surface area contributed by atoms with Gasteiger partial charge in [-0.2, -0.15) is 0 Å². The molecule has 0 aromatic heterocycles. The summed E-state index contributed by atoms with van der Waals surface area (Å²) >= 11 is 0. The highest BCUT2D eigenvalue weighted by atomic mass is 16.2. The molecule has 6 heteroatoms. The summed E-state index contributed by atoms with van der Waals surface area (Å²) < 4.78 is 0. The molecule has 6 nitrogen and oxygen atoms in total. The molecule has 2 fully saturated rings. The van der Waals surface area contributed by atoms with E-state index in [0.29, 0.717) is 45.4 Å². The number of carbonyl (C=O) groups is 3. The van der Waals surface area contributed by atoms with E-state index >= 15 is 0 Å². The average molecular weight is 400 g/mol. The zero-order valence-corrected chi connectivity index (χ0v) is 17.7. The van der Waals surface area contributed by atoms with E-state index in [-0.39, 0.29) is 23.6 Å². The summed E-state index contributed by atoms with van der Waals surface area (Å²) in [4.78, 5) is 42.4. The molecule has 3 rings (SSSR count). The Kier molecular flexibility index (Phi) is 7.29. The van der Waals surface area contributed by atoms with E-state index in [4.69, 9.17) is 0 Å². The lowest BCUT2D eigenvalue weighted by Crippen LogP contribution is -2.46. The Hall–Kier alpha value is -2.37. The SMILES string of the molecule is CCc1ccc(CN(C)C(=O)C2CCC(=O)N(CCCN3CCCC3=O)C2)cc1. The van der Waals surface area contributed by atoms with Crippen molar-refractivity contribution in [2.24, 2.45) is 5.92 Å². The third-order valence-electron chi connectivity index (χ3n) is 6.10. The van der Waals surface area contributed by atoms with Crippen LogP contribution in [0.1, 0.15) is 50.2 Å². The Bertz CT molecular complexity index is 731. The van der Waals surface area contributed by atoms with Gasteiger partial charge in [-0.25, -0.2) is 0 Å². The zero-order chi connectivity index (χ0) is 20.8. The highest BCUT2D eigenvalue weighted by Crippen LogP contribution is 2.21. The summed E-state index contributed by atoms with van der Waals surface area (Å²) in [6, 6.07) is 8.39. The minimum absolute atomic E-state index is 0.108. The molecule has 29 heavy (non-hydrogen) atoms. The molecule has 158 valence electrons. The van der Waals surface area contributed by atoms with Crippen molar-refractivity contribution in [1.82, 2.24) is 14.7 Å². The van der Waals surface area contributed by atoms with Crippen LogP contribution in [0.3, 0.4) is 0 Å². The van der Waals surface area contributed by atoms with E-state index in [0.717, 1.165) is 31.4 Å². The van der Waals surface area contributed by atoms with Gasteiger partial charge in [0.15, 0.2) is 0 Å². The Balaban J connectivity index is 1.49. The van der Waals surface area contributed by atoms with Gasteiger partial charge in [-0.3, -0.25) is 14.4 Å². The molecule has 0 N–H and O–H groups in total. The fourth-order valence-corrected chi connectivity index (χ4v) is 4.27. The third-order valence-corrected chi connectivity index (χ3v) is 6.10. The van der Waals surface area contributed by atoms with Crippen molar-refractivity contribution in [1.29, 1.82) is 0 Å². The number of nitrogens with zero attached hydrogens (tertiary/aromatic N) is 3. The normalized spacial score (nSPS) is 19.7. The molecular weight excluding hydrogens is 366 g/mol. The summed E-state index contributed by atoms with van der Waals surface area (Å²) in [6.45, 7) is 5.36. The highest BCUT2D eigenvalue weighted by molar-refractivity contribution is 5.83. The number of aryl methyl sites for hydroxylation is 1. The van der Waals surface area contributed by atoms with Gasteiger partial charge in [-0.05, 0) is 36.8 Å². The van der Waals surface area contributed by atoms with Crippen molar-refractivity contribution in [3.8, 4) is 0 Å². The Morgan fingerprint density at radius 2 is 1.69 bits per heavy atom. The smallest absolute Gasteiger partial charge is 0.227 e. The van der Waals surface area contributed by atoms with E-state index in [2.05, 4.69) is 31.2 Å². The van der Waals surface area contributed by atoms with Crippen molar-refractivity contribution < 1.29 is 14.4 Å². The summed E-state index contributed by atoms with van der Waals surface area (Å²) in [5, 5.41) is 0. The molecule has 2 aliphatic rings. The van der Waals surface area contributed by atoms with Crippen LogP contribution in [0.2, 0.25) is 0 Å². The largest absolute Gasteiger partial charge is 0.343 e. The number of amides is 3. The van der Waals surface area contributed by atoms with E-state index in [9.17, 15) is 14.4 Å². The van der Waals surface area contributed by atoms with Gasteiger partial charge in [0.05, 0.1) is 5.92 Å². The average Bonchev–Trinajstić information content (AvgIpc) is 3.14. The van der Waals surface area contributed by atoms with E-state index in [1.807, 2.05) is 16.8 Å². The number of benzene rings is 1. The Morgan fingerprint density at radius 3 is 2.34 bits per heavy atom. The van der Waals surface area contributed by atoms with E-state index in [1.54, 1.807) is 4.90 Å². The standard InChI is InChI=1S/C23H33N3O3/c1-3-18-7-9-19(10-8-18)16-24(2)23(29)20-11-12-22(28)26(17-20)15-5-14-25-13-4-6-21(25)27/h7-10,20H,3-6,11-17H2,1-2H3. The van der Waals surface area contributed by atoms with E-state index < -0.39 is 0 Å². The van der Waals surface area contributed by atoms with Gasteiger partial charge in [-0.1, -0.05) is 31.2 Å². The van der Waals surface area contributed by atoms with Gasteiger partial charge in [0.25, 0.3) is 0 Å². The van der Waals surface area contributed by atoms with Crippen molar-refractivity contribution in [3.63, 3.8) is 0 Å². The van der Waals surface area contributed by atoms with Crippen molar-refractivity contribution in [3.05, 3.63) is 35.4 Å². The van der Waals surface area contributed by atoms with Crippen LogP contribution in [0.15, 0.2) is 24.3 Å². The predicted octanol–water partition coefficient (Wildman–Crippen LogP) is 2.46. The molecule has 1 unspecified atom stereocenters. The van der Waals surface area contributed by atoms with Crippen molar-refractivity contribution in [2.75, 3.05) is 33.2 Å². The second-order valence-corrected chi connectivity index (χ2v) is 8.28. The maximum absolute atomic E-state index is 12.9. The maximum atomic E-state index is 12.9. The Morgan fingerprint density at radius 1 is 1.03 bits per heavy atom. The lowest BCUT2D eigenvalue weighted by atomic mass is 9.95. The molecule has 0 saturated carbocycles. The first-order valence-electron chi connectivity index (χ1n) is 10.9. The fraction of sp³-hybridized carbons (Fsp3) is 0.609. The molecular formula is C23H33N3O3. The number of hydrogen-bond donors (Lipinski definition) is 0. The summed E-state index contributed by atoms with van der Waals surface area (Å²) in [5.41, 5.74) is 2.41. The summed E-state index contributed by atoms with van der Waals surface area (Å²) in [7, 11) is 1.84. The molecule has 2 heterocycles. The van der Waals surface area contributed by atoms with Gasteiger partial charge in [0.1, 0.15) is 0 Å². The van der Waals surface area contributed by atoms with Crippen LogP contribution in [0.5, 0.6) is 0 Å². The van der Waals surface area contributed by atoms with Crippen molar-refractivity contribution in [2.45, 2.75) is 52.0 Å². The van der Waals surface area contributed by atoms with Crippen LogP contribution in [-0.4, -0.2) is 65.6 Å². The lowest BCUT2D eigenvalue weighted by molar-refractivity contribution is -0.142. The first-order valence-corrected chi connectivity index (χ1v) is 10.9. The zero-order valence-electron chi connectivity index (χ0n) is 17.7. The number of hydrogen-bond acceptors (Lipinski definition) is 3. The van der Waals surface area contributed by atoms with Crippen molar-refractivity contribution >= 4 is 17.7 Å². The predicted molar refractivity (Wildman–Crippen MR) is 112 cm³/mol. The summed E-state index contributed by atoms with van der Waals surface area (Å²) in [5.74, 6) is 0.314. The number of piperidine rings is 1. The fourth-order valence-electron chi connectivity index (χ4n) is 4.27. The topological polar surface area (TPSA) is 60.9 Å². The van der Waals surface area contributed by atoms with Gasteiger partial charge >= 0.3 is 0 Å². The molecule has 1 aromatic carbocycles. The second kappa shape index (κ2) is 9.90. The first-order chi connectivity index (χ1) is 14.0. The van der Waals surface area contributed by atoms with Crippen LogP contribution >= 0.6 is 0 Å². The van der Waals surface area contributed by atoms with Crippen LogP contribution < -0.4 is 0 Å². The minimum atomic E-state index is -0.138. The molecule has 1 atom stereocenters. The molecule has 2 aliphatic heterocycles. The van der Waals surface area contributed by atoms with Crippen LogP contribution in [0.25, 0.3) is 0 Å². The minimum Gasteiger partial charge on any atom is -0.343 e. The number of rotatable bonds is 8. The monoisotopic (exact) mass is 399 g/mol. The molecule has 0 radical (unpaired) electrons. The molecule has 2 saturated heterocycles. The molecule has 1 aromatic rings. The summed E-state index contributed by atoms with van der Waals surface area (Å²) in [6.07, 6.45) is 4.42.